The number of nitrogens with zero attached hydrogens (tertiary/aromatic N) is 1. The van der Waals surface area contributed by atoms with Crippen LogP contribution in [0.3, 0.4) is 0 Å². The van der Waals surface area contributed by atoms with E-state index in [0.29, 0.717) is 11.4 Å². The van der Waals surface area contributed by atoms with Crippen LogP contribution in [0.25, 0.3) is 0 Å². The van der Waals surface area contributed by atoms with E-state index in [1.165, 1.54) is 42.9 Å². The molecule has 0 fully saturated rings. The summed E-state index contributed by atoms with van der Waals surface area (Å²) < 4.78 is 36.5. The number of hydrogen-bond acceptors (Lipinski definition) is 5. The Morgan fingerprint density at radius 1 is 1.35 bits per heavy atom. The predicted octanol–water partition coefficient (Wildman–Crippen LogP) is 1.69. The molecule has 2 aromatic rings. The van der Waals surface area contributed by atoms with Gasteiger partial charge in [-0.1, -0.05) is 0 Å². The molecule has 0 saturated carbocycles. The van der Waals surface area contributed by atoms with Gasteiger partial charge in [0.15, 0.2) is 0 Å². The van der Waals surface area contributed by atoms with Gasteiger partial charge in [0.05, 0.1) is 19.9 Å². The second kappa shape index (κ2) is 5.56. The van der Waals surface area contributed by atoms with Crippen LogP contribution in [-0.2, 0) is 16.6 Å². The highest BCUT2D eigenvalue weighted by atomic mass is 32.2. The van der Waals surface area contributed by atoms with Crippen LogP contribution in [0, 0.1) is 0 Å². The van der Waals surface area contributed by atoms with Crippen molar-refractivity contribution in [3.63, 3.8) is 0 Å². The minimum absolute atomic E-state index is 0.0725. The van der Waals surface area contributed by atoms with Crippen LogP contribution in [0.2, 0.25) is 0 Å². The minimum atomic E-state index is -3.68. The predicted molar refractivity (Wildman–Crippen MR) is 74.8 cm³/mol. The highest BCUT2D eigenvalue weighted by Crippen LogP contribution is 2.28. The highest BCUT2D eigenvalue weighted by Gasteiger charge is 2.25. The van der Waals surface area contributed by atoms with Gasteiger partial charge >= 0.3 is 0 Å². The van der Waals surface area contributed by atoms with Gasteiger partial charge in [-0.05, 0) is 24.3 Å². The van der Waals surface area contributed by atoms with Crippen LogP contribution in [-0.4, -0.2) is 26.9 Å². The number of furan rings is 1. The molecular weight excluding hydrogens is 280 g/mol. The van der Waals surface area contributed by atoms with Gasteiger partial charge in [-0.25, -0.2) is 8.42 Å². The van der Waals surface area contributed by atoms with E-state index < -0.39 is 10.0 Å². The van der Waals surface area contributed by atoms with Gasteiger partial charge in [-0.2, -0.15) is 4.31 Å². The quantitative estimate of drug-likeness (QED) is 0.849. The molecule has 0 saturated heterocycles. The first-order chi connectivity index (χ1) is 9.45. The molecule has 0 aliphatic heterocycles. The van der Waals surface area contributed by atoms with E-state index >= 15 is 0 Å². The van der Waals surface area contributed by atoms with E-state index in [0.717, 1.165) is 0 Å². The van der Waals surface area contributed by atoms with Gasteiger partial charge < -0.3 is 14.9 Å². The maximum atomic E-state index is 12.5. The second-order valence-corrected chi connectivity index (χ2v) is 6.26. The van der Waals surface area contributed by atoms with E-state index in [-0.39, 0.29) is 17.2 Å². The Morgan fingerprint density at radius 2 is 2.10 bits per heavy atom. The lowest BCUT2D eigenvalue weighted by molar-refractivity contribution is 0.388. The largest absolute Gasteiger partial charge is 0.495 e. The molecule has 7 heteroatoms. The molecule has 0 unspecified atom stereocenters. The van der Waals surface area contributed by atoms with Crippen LogP contribution < -0.4 is 10.5 Å². The summed E-state index contributed by atoms with van der Waals surface area (Å²) in [5, 5.41) is 0. The fourth-order valence-electron chi connectivity index (χ4n) is 1.77. The Kier molecular flexibility index (Phi) is 4.01. The van der Waals surface area contributed by atoms with Crippen molar-refractivity contribution in [3.8, 4) is 5.75 Å². The molecule has 0 radical (unpaired) electrons. The van der Waals surface area contributed by atoms with Gasteiger partial charge in [-0.3, -0.25) is 0 Å². The number of anilines is 1. The zero-order valence-electron chi connectivity index (χ0n) is 11.2. The number of nitrogens with two attached hydrogens (primary N) is 1. The Balaban J connectivity index is 2.34. The molecule has 1 aromatic heterocycles. The van der Waals surface area contributed by atoms with Gasteiger partial charge in [0.2, 0.25) is 10.0 Å². The fourth-order valence-corrected chi connectivity index (χ4v) is 3.04. The van der Waals surface area contributed by atoms with E-state index in [4.69, 9.17) is 14.9 Å². The normalized spacial score (nSPS) is 11.8. The van der Waals surface area contributed by atoms with E-state index in [9.17, 15) is 8.42 Å². The smallest absolute Gasteiger partial charge is 0.246 e. The molecule has 2 N–H and O–H groups in total. The number of nitrogen functional groups attached to an aromatic ring is 1. The van der Waals surface area contributed by atoms with Crippen LogP contribution in [0.5, 0.6) is 5.75 Å². The third-order valence-corrected chi connectivity index (χ3v) is 4.68. The zero-order valence-corrected chi connectivity index (χ0v) is 12.1. The number of ether oxygens (including phenoxy) is 1. The molecular formula is C13H16N2O4S. The van der Waals surface area contributed by atoms with Crippen molar-refractivity contribution in [2.24, 2.45) is 0 Å². The van der Waals surface area contributed by atoms with Crippen molar-refractivity contribution in [1.82, 2.24) is 4.31 Å². The molecule has 108 valence electrons. The van der Waals surface area contributed by atoms with Gasteiger partial charge in [-0.15, -0.1) is 0 Å². The van der Waals surface area contributed by atoms with Crippen molar-refractivity contribution in [1.29, 1.82) is 0 Å². The lowest BCUT2D eigenvalue weighted by Gasteiger charge is -2.18. The number of hydrogen-bond donors (Lipinski definition) is 1. The lowest BCUT2D eigenvalue weighted by atomic mass is 10.3. The van der Waals surface area contributed by atoms with Crippen molar-refractivity contribution in [3.05, 3.63) is 42.4 Å². The van der Waals surface area contributed by atoms with Crippen molar-refractivity contribution in [2.45, 2.75) is 11.4 Å². The molecule has 0 spiro atoms. The summed E-state index contributed by atoms with van der Waals surface area (Å²) in [6.07, 6.45) is 1.50. The molecule has 20 heavy (non-hydrogen) atoms. The maximum Gasteiger partial charge on any atom is 0.246 e. The molecule has 0 atom stereocenters. The number of rotatable bonds is 5. The summed E-state index contributed by atoms with van der Waals surface area (Å²) in [6.45, 7) is 0.142. The first-order valence-corrected chi connectivity index (χ1v) is 7.31. The topological polar surface area (TPSA) is 85.8 Å². The average Bonchev–Trinajstić information content (AvgIpc) is 2.91. The van der Waals surface area contributed by atoms with E-state index in [2.05, 4.69) is 0 Å². The number of benzene rings is 1. The van der Waals surface area contributed by atoms with Crippen molar-refractivity contribution in [2.75, 3.05) is 19.9 Å². The molecule has 1 aromatic carbocycles. The number of sulfonamides is 1. The summed E-state index contributed by atoms with van der Waals surface area (Å²) in [4.78, 5) is 0.0725. The monoisotopic (exact) mass is 296 g/mol. The first-order valence-electron chi connectivity index (χ1n) is 5.87. The Hall–Kier alpha value is -1.99. The Morgan fingerprint density at radius 3 is 2.70 bits per heavy atom. The summed E-state index contributed by atoms with van der Waals surface area (Å²) in [5.41, 5.74) is 6.07. The molecule has 2 rings (SSSR count). The molecule has 0 aliphatic carbocycles. The Labute approximate surface area is 117 Å². The fraction of sp³-hybridized carbons (Fsp3) is 0.231. The van der Waals surface area contributed by atoms with Crippen LogP contribution in [0.1, 0.15) is 5.76 Å². The van der Waals surface area contributed by atoms with Gasteiger partial charge in [0.25, 0.3) is 0 Å². The maximum absolute atomic E-state index is 12.5. The second-order valence-electron chi connectivity index (χ2n) is 4.25. The SMILES string of the molecule is COc1cc(N)ccc1S(=O)(=O)N(C)Cc1ccco1. The number of methoxy groups -OCH3 is 1. The van der Waals surface area contributed by atoms with Gasteiger partial charge in [0.1, 0.15) is 16.4 Å². The molecule has 6 nitrogen and oxygen atoms in total. The zero-order chi connectivity index (χ0) is 14.8. The summed E-state index contributed by atoms with van der Waals surface area (Å²) in [5.74, 6) is 0.779. The highest BCUT2D eigenvalue weighted by molar-refractivity contribution is 7.89. The van der Waals surface area contributed by atoms with Crippen LogP contribution in [0.4, 0.5) is 5.69 Å². The van der Waals surface area contributed by atoms with Crippen molar-refractivity contribution >= 4 is 15.7 Å². The molecule has 0 amide bonds. The summed E-state index contributed by atoms with van der Waals surface area (Å²) in [7, 11) is -0.799. The first kappa shape index (κ1) is 14.4. The van der Waals surface area contributed by atoms with Gasteiger partial charge in [0, 0.05) is 18.8 Å². The summed E-state index contributed by atoms with van der Waals surface area (Å²) >= 11 is 0. The average molecular weight is 296 g/mol. The van der Waals surface area contributed by atoms with Crippen LogP contribution in [0.15, 0.2) is 45.9 Å². The van der Waals surface area contributed by atoms with Crippen molar-refractivity contribution < 1.29 is 17.6 Å². The third-order valence-electron chi connectivity index (χ3n) is 2.83. The minimum Gasteiger partial charge on any atom is -0.495 e. The van der Waals surface area contributed by atoms with E-state index in [1.807, 2.05) is 0 Å². The summed E-state index contributed by atoms with van der Waals surface area (Å²) in [6, 6.07) is 7.86. The third kappa shape index (κ3) is 2.78. The Bertz CT molecular complexity index is 680. The molecule has 1 heterocycles. The van der Waals surface area contributed by atoms with Crippen LogP contribution >= 0.6 is 0 Å². The van der Waals surface area contributed by atoms with E-state index in [1.54, 1.807) is 12.1 Å². The standard InChI is InChI=1S/C13H16N2O4S/c1-15(9-11-4-3-7-19-11)20(16,17)13-6-5-10(14)8-12(13)18-2/h3-8H,9,14H2,1-2H3. The lowest BCUT2D eigenvalue weighted by Crippen LogP contribution is -2.26. The molecule has 0 bridgehead atoms. The molecule has 0 aliphatic rings.